The van der Waals surface area contributed by atoms with E-state index in [9.17, 15) is 31.1 Å². The number of carbonyl (C=O) groups excluding carboxylic acids is 1. The first kappa shape index (κ1) is 20.0. The maximum atomic E-state index is 13.0. The van der Waals surface area contributed by atoms with Crippen molar-refractivity contribution in [3.05, 3.63) is 106 Å². The molecule has 1 heterocycles. The number of halogens is 6. The molecule has 0 aliphatic carbocycles. The zero-order valence-corrected chi connectivity index (χ0v) is 15.0. The Morgan fingerprint density at radius 3 is 1.50 bits per heavy atom. The first-order valence-corrected chi connectivity index (χ1v) is 8.72. The molecule has 0 aromatic heterocycles. The van der Waals surface area contributed by atoms with E-state index in [1.807, 2.05) is 0 Å². The molecule has 154 valence electrons. The summed E-state index contributed by atoms with van der Waals surface area (Å²) in [6, 6.07) is 14.3. The van der Waals surface area contributed by atoms with Crippen LogP contribution in [0.5, 0.6) is 0 Å². The molecule has 1 aliphatic heterocycles. The van der Waals surface area contributed by atoms with Crippen molar-refractivity contribution in [1.29, 1.82) is 0 Å². The Hall–Kier alpha value is -3.29. The Labute approximate surface area is 166 Å². The highest BCUT2D eigenvalue weighted by atomic mass is 19.4. The van der Waals surface area contributed by atoms with Gasteiger partial charge < -0.3 is 4.74 Å². The van der Waals surface area contributed by atoms with E-state index < -0.39 is 35.0 Å². The zero-order valence-electron chi connectivity index (χ0n) is 15.0. The van der Waals surface area contributed by atoms with E-state index in [0.29, 0.717) is 5.56 Å². The number of carbonyl (C=O) groups is 1. The molecule has 0 saturated carbocycles. The maximum Gasteiger partial charge on any atom is 0.416 e. The van der Waals surface area contributed by atoms with E-state index in [2.05, 4.69) is 0 Å². The lowest BCUT2D eigenvalue weighted by molar-refractivity contribution is -0.138. The highest BCUT2D eigenvalue weighted by Crippen LogP contribution is 2.47. The summed E-state index contributed by atoms with van der Waals surface area (Å²) in [4.78, 5) is 12.5. The van der Waals surface area contributed by atoms with Crippen LogP contribution in [0.15, 0.2) is 72.8 Å². The molecule has 3 aromatic rings. The Bertz CT molecular complexity index is 1040. The van der Waals surface area contributed by atoms with Crippen molar-refractivity contribution in [3.63, 3.8) is 0 Å². The highest BCUT2D eigenvalue weighted by molar-refractivity contribution is 5.96. The van der Waals surface area contributed by atoms with E-state index in [1.54, 1.807) is 18.2 Å². The van der Waals surface area contributed by atoms with E-state index in [1.165, 1.54) is 6.07 Å². The molecule has 0 bridgehead atoms. The smallest absolute Gasteiger partial charge is 0.416 e. The minimum atomic E-state index is -4.57. The van der Waals surface area contributed by atoms with Crippen LogP contribution in [0.1, 0.15) is 38.2 Å². The minimum absolute atomic E-state index is 0.188. The number of fused-ring (bicyclic) bond motifs is 1. The lowest BCUT2D eigenvalue weighted by Crippen LogP contribution is -2.29. The standard InChI is InChI=1S/C22H12F6O2/c23-21(24,25)15-9-5-13(6-10-15)20(14-7-11-16(12-8-14)22(26,27)28)18-4-2-1-3-17(18)19(29)30-20/h1-12H. The molecule has 0 unspecified atom stereocenters. The predicted octanol–water partition coefficient (Wildman–Crippen LogP) is 6.19. The molecule has 0 saturated heterocycles. The third kappa shape index (κ3) is 3.12. The number of benzene rings is 3. The Kier molecular flexibility index (Phi) is 4.41. The van der Waals surface area contributed by atoms with Crippen LogP contribution in [0.25, 0.3) is 0 Å². The van der Waals surface area contributed by atoms with Crippen LogP contribution in [0, 0.1) is 0 Å². The number of alkyl halides is 6. The van der Waals surface area contributed by atoms with Gasteiger partial charge in [0.1, 0.15) is 0 Å². The van der Waals surface area contributed by atoms with Gasteiger partial charge in [0.25, 0.3) is 0 Å². The summed E-state index contributed by atoms with van der Waals surface area (Å²) in [5.74, 6) is -0.717. The SMILES string of the molecule is O=C1OC(c2ccc(C(F)(F)F)cc2)(c2ccc(C(F)(F)F)cc2)c2ccccc21. The van der Waals surface area contributed by atoms with E-state index in [0.717, 1.165) is 48.5 Å². The summed E-state index contributed by atoms with van der Waals surface area (Å²) in [6.07, 6.45) is -9.13. The van der Waals surface area contributed by atoms with Gasteiger partial charge in [0.15, 0.2) is 5.60 Å². The molecule has 0 amide bonds. The lowest BCUT2D eigenvalue weighted by atomic mass is 9.79. The second-order valence-electron chi connectivity index (χ2n) is 6.77. The van der Waals surface area contributed by atoms with Gasteiger partial charge in [0.05, 0.1) is 16.7 Å². The second-order valence-corrected chi connectivity index (χ2v) is 6.77. The third-order valence-electron chi connectivity index (χ3n) is 5.01. The van der Waals surface area contributed by atoms with E-state index in [4.69, 9.17) is 4.74 Å². The van der Waals surface area contributed by atoms with Crippen LogP contribution in [-0.4, -0.2) is 5.97 Å². The van der Waals surface area contributed by atoms with Gasteiger partial charge >= 0.3 is 18.3 Å². The van der Waals surface area contributed by atoms with Crippen LogP contribution in [0.4, 0.5) is 26.3 Å². The molecule has 4 rings (SSSR count). The average Bonchev–Trinajstić information content (AvgIpc) is 3.01. The summed E-state index contributed by atoms with van der Waals surface area (Å²) >= 11 is 0. The number of ether oxygens (including phenoxy) is 1. The van der Waals surface area contributed by atoms with Crippen LogP contribution in [0.2, 0.25) is 0 Å². The second kappa shape index (κ2) is 6.62. The van der Waals surface area contributed by atoms with E-state index >= 15 is 0 Å². The quantitative estimate of drug-likeness (QED) is 0.364. The Morgan fingerprint density at radius 1 is 0.633 bits per heavy atom. The van der Waals surface area contributed by atoms with Gasteiger partial charge in [0.2, 0.25) is 0 Å². The van der Waals surface area contributed by atoms with Crippen molar-refractivity contribution in [1.82, 2.24) is 0 Å². The molecule has 0 spiro atoms. The molecular formula is C22H12F6O2. The fraction of sp³-hybridized carbons (Fsp3) is 0.136. The molecule has 1 aliphatic rings. The highest BCUT2D eigenvalue weighted by Gasteiger charge is 2.49. The zero-order chi connectivity index (χ0) is 21.7. The lowest BCUT2D eigenvalue weighted by Gasteiger charge is -2.30. The molecule has 0 atom stereocenters. The van der Waals surface area contributed by atoms with Gasteiger partial charge in [-0.3, -0.25) is 0 Å². The number of hydrogen-bond donors (Lipinski definition) is 0. The van der Waals surface area contributed by atoms with Crippen LogP contribution in [-0.2, 0) is 22.7 Å². The maximum absolute atomic E-state index is 13.0. The molecule has 0 N–H and O–H groups in total. The number of rotatable bonds is 2. The molecule has 3 aromatic carbocycles. The predicted molar refractivity (Wildman–Crippen MR) is 94.6 cm³/mol. The van der Waals surface area contributed by atoms with Crippen molar-refractivity contribution >= 4 is 5.97 Å². The normalized spacial score (nSPS) is 15.6. The number of esters is 1. The fourth-order valence-electron chi connectivity index (χ4n) is 3.60. The first-order valence-electron chi connectivity index (χ1n) is 8.72. The summed E-state index contributed by atoms with van der Waals surface area (Å²) in [6.45, 7) is 0. The minimum Gasteiger partial charge on any atom is -0.441 e. The van der Waals surface area contributed by atoms with Gasteiger partial charge in [-0.2, -0.15) is 26.3 Å². The summed E-state index contributed by atoms with van der Waals surface area (Å²) < 4.78 is 83.5. The van der Waals surface area contributed by atoms with Gasteiger partial charge in [-0.15, -0.1) is 0 Å². The van der Waals surface area contributed by atoms with Crippen molar-refractivity contribution in [2.75, 3.05) is 0 Å². The monoisotopic (exact) mass is 422 g/mol. The molecule has 0 fully saturated rings. The summed E-state index contributed by atoms with van der Waals surface area (Å²) in [7, 11) is 0. The number of cyclic esters (lactones) is 1. The largest absolute Gasteiger partial charge is 0.441 e. The van der Waals surface area contributed by atoms with Gasteiger partial charge in [-0.1, -0.05) is 42.5 Å². The molecule has 8 heteroatoms. The van der Waals surface area contributed by atoms with Crippen LogP contribution < -0.4 is 0 Å². The van der Waals surface area contributed by atoms with E-state index in [-0.39, 0.29) is 16.7 Å². The van der Waals surface area contributed by atoms with Gasteiger partial charge in [-0.25, -0.2) is 4.79 Å². The van der Waals surface area contributed by atoms with Gasteiger partial charge in [0, 0.05) is 16.7 Å². The van der Waals surface area contributed by atoms with Crippen LogP contribution in [0.3, 0.4) is 0 Å². The van der Waals surface area contributed by atoms with Crippen molar-refractivity contribution < 1.29 is 35.9 Å². The van der Waals surface area contributed by atoms with Crippen molar-refractivity contribution in [2.45, 2.75) is 18.0 Å². The van der Waals surface area contributed by atoms with Crippen molar-refractivity contribution in [2.24, 2.45) is 0 Å². The van der Waals surface area contributed by atoms with Crippen LogP contribution >= 0.6 is 0 Å². The molecule has 30 heavy (non-hydrogen) atoms. The number of hydrogen-bond acceptors (Lipinski definition) is 2. The third-order valence-corrected chi connectivity index (χ3v) is 5.01. The van der Waals surface area contributed by atoms with Crippen molar-refractivity contribution in [3.8, 4) is 0 Å². The first-order chi connectivity index (χ1) is 14.0. The topological polar surface area (TPSA) is 26.3 Å². The average molecular weight is 422 g/mol. The molecule has 0 radical (unpaired) electrons. The van der Waals surface area contributed by atoms with Gasteiger partial charge in [-0.05, 0) is 30.3 Å². The summed E-state index contributed by atoms with van der Waals surface area (Å²) in [5, 5.41) is 0. The molecular weight excluding hydrogens is 410 g/mol. The molecule has 2 nitrogen and oxygen atoms in total. The fourth-order valence-corrected chi connectivity index (χ4v) is 3.60. The Morgan fingerprint density at radius 2 is 1.07 bits per heavy atom. The summed E-state index contributed by atoms with van der Waals surface area (Å²) in [5.41, 5.74) is -2.55. The Balaban J connectivity index is 1.93.